The maximum atomic E-state index is 13.6. The third-order valence-corrected chi connectivity index (χ3v) is 6.91. The molecule has 134 valence electrons. The van der Waals surface area contributed by atoms with Gasteiger partial charge in [-0.1, -0.05) is 12.1 Å². The summed E-state index contributed by atoms with van der Waals surface area (Å²) in [5.74, 6) is 1.49. The number of benzene rings is 1. The van der Waals surface area contributed by atoms with E-state index >= 15 is 0 Å². The van der Waals surface area contributed by atoms with Gasteiger partial charge in [0.2, 0.25) is 5.91 Å². The summed E-state index contributed by atoms with van der Waals surface area (Å²) < 4.78 is 13.6. The molecule has 1 aromatic rings. The molecule has 0 spiro atoms. The first-order valence-corrected chi connectivity index (χ1v) is 9.99. The number of nitrogens with one attached hydrogen (secondary N) is 2. The molecule has 0 aliphatic heterocycles. The van der Waals surface area contributed by atoms with Gasteiger partial charge in [-0.05, 0) is 68.4 Å². The third-order valence-electron chi connectivity index (χ3n) is 5.87. The van der Waals surface area contributed by atoms with Gasteiger partial charge in [-0.2, -0.15) is 0 Å². The largest absolute Gasteiger partial charge is 0.332 e. The molecule has 25 heavy (non-hydrogen) atoms. The van der Waals surface area contributed by atoms with Crippen LogP contribution in [0, 0.1) is 23.6 Å². The topological polar surface area (TPSA) is 58.2 Å². The maximum Gasteiger partial charge on any atom is 0.321 e. The van der Waals surface area contributed by atoms with Crippen molar-refractivity contribution < 1.29 is 14.0 Å². The molecule has 6 heteroatoms. The van der Waals surface area contributed by atoms with Crippen molar-refractivity contribution in [2.24, 2.45) is 17.8 Å². The summed E-state index contributed by atoms with van der Waals surface area (Å²) in [7, 11) is 0. The molecular formula is C19H23FN2O2S. The highest BCUT2D eigenvalue weighted by atomic mass is 32.2. The molecule has 5 rings (SSSR count). The predicted molar refractivity (Wildman–Crippen MR) is 94.7 cm³/mol. The first-order valence-electron chi connectivity index (χ1n) is 9.01. The summed E-state index contributed by atoms with van der Waals surface area (Å²) in [6.07, 6.45) is 7.06. The van der Waals surface area contributed by atoms with Crippen molar-refractivity contribution in [3.63, 3.8) is 0 Å². The number of imide groups is 1. The summed E-state index contributed by atoms with van der Waals surface area (Å²) in [5, 5.41) is 5.52. The van der Waals surface area contributed by atoms with Crippen molar-refractivity contribution in [3.8, 4) is 0 Å². The molecule has 4 bridgehead atoms. The van der Waals surface area contributed by atoms with Crippen LogP contribution in [0.1, 0.15) is 38.5 Å². The Balaban J connectivity index is 1.29. The van der Waals surface area contributed by atoms with Gasteiger partial charge in [-0.3, -0.25) is 10.1 Å². The zero-order valence-electron chi connectivity index (χ0n) is 14.1. The molecule has 1 aromatic carbocycles. The Hall–Kier alpha value is -1.56. The van der Waals surface area contributed by atoms with Gasteiger partial charge in [-0.15, -0.1) is 11.8 Å². The average Bonchev–Trinajstić information content (AvgIpc) is 2.52. The van der Waals surface area contributed by atoms with E-state index in [1.54, 1.807) is 18.2 Å². The Kier molecular flexibility index (Phi) is 4.48. The van der Waals surface area contributed by atoms with Crippen molar-refractivity contribution in [2.75, 3.05) is 5.75 Å². The number of amides is 3. The fraction of sp³-hybridized carbons (Fsp3) is 0.579. The summed E-state index contributed by atoms with van der Waals surface area (Å²) >= 11 is 1.10. The van der Waals surface area contributed by atoms with Crippen LogP contribution in [0.5, 0.6) is 0 Å². The van der Waals surface area contributed by atoms with Crippen molar-refractivity contribution in [3.05, 3.63) is 30.1 Å². The Labute approximate surface area is 151 Å². The van der Waals surface area contributed by atoms with Gasteiger partial charge in [0, 0.05) is 10.4 Å². The van der Waals surface area contributed by atoms with Gasteiger partial charge >= 0.3 is 6.03 Å². The minimum atomic E-state index is -0.402. The lowest BCUT2D eigenvalue weighted by atomic mass is 9.53. The fourth-order valence-electron chi connectivity index (χ4n) is 5.40. The lowest BCUT2D eigenvalue weighted by Gasteiger charge is -2.56. The molecule has 0 heterocycles. The monoisotopic (exact) mass is 362 g/mol. The molecule has 4 aliphatic rings. The number of hydrogen-bond donors (Lipinski definition) is 2. The summed E-state index contributed by atoms with van der Waals surface area (Å²) in [5.41, 5.74) is -0.113. The fourth-order valence-corrected chi connectivity index (χ4v) is 6.14. The first kappa shape index (κ1) is 16.9. The molecule has 3 amide bonds. The van der Waals surface area contributed by atoms with E-state index in [1.807, 2.05) is 0 Å². The molecule has 0 saturated heterocycles. The summed E-state index contributed by atoms with van der Waals surface area (Å²) in [4.78, 5) is 24.7. The van der Waals surface area contributed by atoms with Crippen molar-refractivity contribution >= 4 is 23.7 Å². The van der Waals surface area contributed by atoms with Crippen LogP contribution in [0.4, 0.5) is 9.18 Å². The van der Waals surface area contributed by atoms with Crippen LogP contribution in [-0.4, -0.2) is 23.2 Å². The summed E-state index contributed by atoms with van der Waals surface area (Å²) in [6, 6.07) is 5.92. The molecule has 0 radical (unpaired) electrons. The van der Waals surface area contributed by atoms with Crippen molar-refractivity contribution in [1.29, 1.82) is 0 Å². The Bertz CT molecular complexity index is 658. The highest BCUT2D eigenvalue weighted by Crippen LogP contribution is 2.55. The van der Waals surface area contributed by atoms with Crippen LogP contribution in [0.25, 0.3) is 0 Å². The molecular weight excluding hydrogens is 339 g/mol. The number of rotatable bonds is 4. The standard InChI is InChI=1S/C19H23FN2O2S/c20-15-3-1-2-4-16(15)25-11-17(23)21-18(24)22-19-8-12-5-13(9-19)7-14(6-12)10-19/h1-4,12-14H,5-11H2,(H2,21,22,23,24). The molecule has 0 aromatic heterocycles. The third kappa shape index (κ3) is 3.68. The molecule has 4 fully saturated rings. The number of urea groups is 1. The number of thioether (sulfide) groups is 1. The maximum absolute atomic E-state index is 13.6. The van der Waals surface area contributed by atoms with E-state index in [9.17, 15) is 14.0 Å². The minimum absolute atomic E-state index is 0.0230. The van der Waals surface area contributed by atoms with Crippen molar-refractivity contribution in [2.45, 2.75) is 49.0 Å². The second kappa shape index (κ2) is 6.63. The number of hydrogen-bond acceptors (Lipinski definition) is 3. The van der Waals surface area contributed by atoms with Crippen LogP contribution in [-0.2, 0) is 4.79 Å². The smallest absolute Gasteiger partial charge is 0.321 e. The van der Waals surface area contributed by atoms with Crippen LogP contribution in [0.2, 0.25) is 0 Å². The highest BCUT2D eigenvalue weighted by molar-refractivity contribution is 8.00. The minimum Gasteiger partial charge on any atom is -0.332 e. The Morgan fingerprint density at radius 1 is 1.08 bits per heavy atom. The van der Waals surface area contributed by atoms with E-state index < -0.39 is 11.9 Å². The van der Waals surface area contributed by atoms with Crippen LogP contribution >= 0.6 is 11.8 Å². The van der Waals surface area contributed by atoms with Crippen LogP contribution in [0.15, 0.2) is 29.2 Å². The second-order valence-corrected chi connectivity index (χ2v) is 8.94. The number of carbonyl (C=O) groups excluding carboxylic acids is 2. The molecule has 4 aliphatic carbocycles. The molecule has 0 atom stereocenters. The summed E-state index contributed by atoms with van der Waals surface area (Å²) in [6.45, 7) is 0. The second-order valence-electron chi connectivity index (χ2n) is 7.92. The van der Waals surface area contributed by atoms with Gasteiger partial charge < -0.3 is 5.32 Å². The number of halogens is 1. The van der Waals surface area contributed by atoms with Crippen LogP contribution in [0.3, 0.4) is 0 Å². The molecule has 2 N–H and O–H groups in total. The van der Waals surface area contributed by atoms with Gasteiger partial charge in [0.1, 0.15) is 5.82 Å². The molecule has 0 unspecified atom stereocenters. The van der Waals surface area contributed by atoms with E-state index in [-0.39, 0.29) is 17.1 Å². The normalized spacial score (nSPS) is 32.4. The highest BCUT2D eigenvalue weighted by Gasteiger charge is 2.51. The van der Waals surface area contributed by atoms with Gasteiger partial charge in [0.25, 0.3) is 0 Å². The van der Waals surface area contributed by atoms with E-state index in [2.05, 4.69) is 10.6 Å². The van der Waals surface area contributed by atoms with E-state index in [0.29, 0.717) is 4.90 Å². The predicted octanol–water partition coefficient (Wildman–Crippen LogP) is 3.71. The SMILES string of the molecule is O=C(CSc1ccccc1F)NC(=O)NC12CC3CC(CC(C3)C1)C2. The van der Waals surface area contributed by atoms with Gasteiger partial charge in [0.15, 0.2) is 0 Å². The quantitative estimate of drug-likeness (QED) is 0.803. The first-order chi connectivity index (χ1) is 12.0. The van der Waals surface area contributed by atoms with E-state index in [0.717, 1.165) is 48.8 Å². The average molecular weight is 362 g/mol. The van der Waals surface area contributed by atoms with E-state index in [4.69, 9.17) is 0 Å². The number of carbonyl (C=O) groups is 2. The van der Waals surface area contributed by atoms with Crippen molar-refractivity contribution in [1.82, 2.24) is 10.6 Å². The Morgan fingerprint density at radius 3 is 2.28 bits per heavy atom. The van der Waals surface area contributed by atoms with Gasteiger partial charge in [0.05, 0.1) is 5.75 Å². The van der Waals surface area contributed by atoms with Crippen LogP contribution < -0.4 is 10.6 Å². The molecule has 4 nitrogen and oxygen atoms in total. The lowest BCUT2D eigenvalue weighted by molar-refractivity contribution is -0.117. The Morgan fingerprint density at radius 2 is 1.68 bits per heavy atom. The van der Waals surface area contributed by atoms with E-state index in [1.165, 1.54) is 25.3 Å². The zero-order valence-corrected chi connectivity index (χ0v) is 14.9. The van der Waals surface area contributed by atoms with Gasteiger partial charge in [-0.25, -0.2) is 9.18 Å². The molecule has 4 saturated carbocycles. The lowest BCUT2D eigenvalue weighted by Crippen LogP contribution is -2.61. The zero-order chi connectivity index (χ0) is 17.4.